The Morgan fingerprint density at radius 1 is 1.20 bits per heavy atom. The SMILES string of the molecule is CCN=C(NC1CCN(CC(F)(F)F)C1)N1CCC2(CCCC2)C1.I. The fourth-order valence-electron chi connectivity index (χ4n) is 4.57. The smallest absolute Gasteiger partial charge is 0.352 e. The Hall–Kier alpha value is -0.250. The number of nitrogens with zero attached hydrogens (tertiary/aromatic N) is 3. The summed E-state index contributed by atoms with van der Waals surface area (Å²) in [6.07, 6.45) is 3.14. The van der Waals surface area contributed by atoms with E-state index in [1.54, 1.807) is 0 Å². The fourth-order valence-corrected chi connectivity index (χ4v) is 4.57. The van der Waals surface area contributed by atoms with Crippen LogP contribution in [0.4, 0.5) is 13.2 Å². The van der Waals surface area contributed by atoms with E-state index in [0.29, 0.717) is 25.0 Å². The predicted octanol–water partition coefficient (Wildman–Crippen LogP) is 3.47. The molecular formula is C17H30F3IN4. The van der Waals surface area contributed by atoms with Gasteiger partial charge < -0.3 is 10.2 Å². The number of alkyl halides is 3. The van der Waals surface area contributed by atoms with Gasteiger partial charge in [-0.2, -0.15) is 13.2 Å². The first-order valence-corrected chi connectivity index (χ1v) is 9.24. The minimum atomic E-state index is -4.11. The van der Waals surface area contributed by atoms with E-state index in [0.717, 1.165) is 25.5 Å². The summed E-state index contributed by atoms with van der Waals surface area (Å²) < 4.78 is 37.6. The lowest BCUT2D eigenvalue weighted by Crippen LogP contribution is -2.47. The van der Waals surface area contributed by atoms with Crippen molar-refractivity contribution >= 4 is 29.9 Å². The molecule has 2 saturated heterocycles. The first-order chi connectivity index (χ1) is 11.4. The Bertz CT molecular complexity index is 463. The zero-order valence-corrected chi connectivity index (χ0v) is 17.3. The van der Waals surface area contributed by atoms with E-state index < -0.39 is 12.7 Å². The topological polar surface area (TPSA) is 30.9 Å². The van der Waals surface area contributed by atoms with Crippen LogP contribution in [0.1, 0.15) is 45.4 Å². The maximum atomic E-state index is 12.5. The van der Waals surface area contributed by atoms with Crippen molar-refractivity contribution in [2.75, 3.05) is 39.3 Å². The van der Waals surface area contributed by atoms with E-state index in [1.165, 1.54) is 37.0 Å². The van der Waals surface area contributed by atoms with Gasteiger partial charge in [-0.05, 0) is 38.0 Å². The molecule has 1 unspecified atom stereocenters. The summed E-state index contributed by atoms with van der Waals surface area (Å²) in [4.78, 5) is 8.44. The first kappa shape index (κ1) is 21.1. The Balaban J connectivity index is 0.00000225. The van der Waals surface area contributed by atoms with Crippen molar-refractivity contribution in [2.24, 2.45) is 10.4 Å². The van der Waals surface area contributed by atoms with Gasteiger partial charge in [-0.25, -0.2) is 0 Å². The lowest BCUT2D eigenvalue weighted by Gasteiger charge is -2.28. The minimum Gasteiger partial charge on any atom is -0.352 e. The van der Waals surface area contributed by atoms with Crippen molar-refractivity contribution in [1.82, 2.24) is 15.1 Å². The Morgan fingerprint density at radius 2 is 1.92 bits per heavy atom. The molecule has 4 nitrogen and oxygen atoms in total. The van der Waals surface area contributed by atoms with Gasteiger partial charge in [-0.15, -0.1) is 24.0 Å². The highest BCUT2D eigenvalue weighted by atomic mass is 127. The summed E-state index contributed by atoms with van der Waals surface area (Å²) in [6, 6.07) is 0.0674. The molecule has 1 aliphatic carbocycles. The normalized spacial score (nSPS) is 27.1. The molecule has 3 rings (SSSR count). The van der Waals surface area contributed by atoms with Crippen LogP contribution in [-0.2, 0) is 0 Å². The minimum absolute atomic E-state index is 0. The molecule has 25 heavy (non-hydrogen) atoms. The lowest BCUT2D eigenvalue weighted by atomic mass is 9.86. The third-order valence-electron chi connectivity index (χ3n) is 5.72. The zero-order chi connectivity index (χ0) is 17.2. The molecule has 0 bridgehead atoms. The molecule has 0 radical (unpaired) electrons. The fraction of sp³-hybridized carbons (Fsp3) is 0.941. The summed E-state index contributed by atoms with van der Waals surface area (Å²) in [6.45, 7) is 4.92. The summed E-state index contributed by atoms with van der Waals surface area (Å²) in [7, 11) is 0. The molecule has 0 aromatic heterocycles. The summed E-state index contributed by atoms with van der Waals surface area (Å²) in [5.74, 6) is 0.903. The molecule has 8 heteroatoms. The maximum absolute atomic E-state index is 12.5. The average molecular weight is 474 g/mol. The van der Waals surface area contributed by atoms with Gasteiger partial charge >= 0.3 is 6.18 Å². The van der Waals surface area contributed by atoms with Gasteiger partial charge in [0.2, 0.25) is 0 Å². The predicted molar refractivity (Wildman–Crippen MR) is 105 cm³/mol. The standard InChI is InChI=1S/C17H29F3N4.HI/c1-2-21-15(24-10-8-16(12-24)6-3-4-7-16)22-14-5-9-23(11-14)13-17(18,19)20;/h14H,2-13H2,1H3,(H,21,22);1H. The molecule has 0 aromatic carbocycles. The third kappa shape index (κ3) is 5.61. The van der Waals surface area contributed by atoms with Crippen molar-refractivity contribution < 1.29 is 13.2 Å². The second-order valence-electron chi connectivity index (χ2n) is 7.66. The van der Waals surface area contributed by atoms with Gasteiger partial charge in [0.25, 0.3) is 0 Å². The maximum Gasteiger partial charge on any atom is 0.401 e. The number of aliphatic imine (C=N–C) groups is 1. The molecule has 1 atom stereocenters. The molecule has 0 amide bonds. The molecule has 1 saturated carbocycles. The van der Waals surface area contributed by atoms with Crippen LogP contribution in [0.15, 0.2) is 4.99 Å². The highest BCUT2D eigenvalue weighted by molar-refractivity contribution is 14.0. The lowest BCUT2D eigenvalue weighted by molar-refractivity contribution is -0.143. The highest BCUT2D eigenvalue weighted by Crippen LogP contribution is 2.45. The van der Waals surface area contributed by atoms with Crippen LogP contribution in [-0.4, -0.2) is 67.2 Å². The van der Waals surface area contributed by atoms with Crippen molar-refractivity contribution in [3.63, 3.8) is 0 Å². The van der Waals surface area contributed by atoms with E-state index in [1.807, 2.05) is 6.92 Å². The van der Waals surface area contributed by atoms with E-state index in [9.17, 15) is 13.2 Å². The summed E-state index contributed by atoms with van der Waals surface area (Å²) in [5.41, 5.74) is 0.466. The number of halogens is 4. The molecule has 3 aliphatic rings. The molecule has 1 spiro atoms. The largest absolute Gasteiger partial charge is 0.401 e. The number of hydrogen-bond acceptors (Lipinski definition) is 2. The number of likely N-dealkylation sites (tertiary alicyclic amines) is 2. The molecule has 0 aromatic rings. The van der Waals surface area contributed by atoms with Gasteiger partial charge in [0.1, 0.15) is 0 Å². The van der Waals surface area contributed by atoms with Crippen LogP contribution in [0.3, 0.4) is 0 Å². The first-order valence-electron chi connectivity index (χ1n) is 9.24. The Morgan fingerprint density at radius 3 is 2.56 bits per heavy atom. The van der Waals surface area contributed by atoms with Crippen LogP contribution in [0.5, 0.6) is 0 Å². The Labute approximate surface area is 165 Å². The molecule has 1 N–H and O–H groups in total. The quantitative estimate of drug-likeness (QED) is 0.386. The Kier molecular flexibility index (Phi) is 7.26. The van der Waals surface area contributed by atoms with Gasteiger partial charge in [0.05, 0.1) is 6.54 Å². The van der Waals surface area contributed by atoms with Crippen molar-refractivity contribution in [3.8, 4) is 0 Å². The van der Waals surface area contributed by atoms with E-state index in [2.05, 4.69) is 15.2 Å². The van der Waals surface area contributed by atoms with Crippen molar-refractivity contribution in [3.05, 3.63) is 0 Å². The van der Waals surface area contributed by atoms with Crippen LogP contribution in [0.25, 0.3) is 0 Å². The number of guanidine groups is 1. The zero-order valence-electron chi connectivity index (χ0n) is 14.9. The van der Waals surface area contributed by atoms with Gasteiger partial charge in [0.15, 0.2) is 5.96 Å². The number of rotatable bonds is 3. The molecule has 2 aliphatic heterocycles. The van der Waals surface area contributed by atoms with Gasteiger partial charge in [-0.3, -0.25) is 9.89 Å². The average Bonchev–Trinajstić information content (AvgIpc) is 3.21. The number of nitrogens with one attached hydrogen (secondary N) is 1. The highest BCUT2D eigenvalue weighted by Gasteiger charge is 2.42. The second-order valence-corrected chi connectivity index (χ2v) is 7.66. The molecule has 3 fully saturated rings. The molecule has 2 heterocycles. The molecule has 146 valence electrons. The second kappa shape index (κ2) is 8.63. The summed E-state index contributed by atoms with van der Waals surface area (Å²) >= 11 is 0. The van der Waals surface area contributed by atoms with Crippen LogP contribution < -0.4 is 5.32 Å². The van der Waals surface area contributed by atoms with Crippen molar-refractivity contribution in [2.45, 2.75) is 57.7 Å². The van der Waals surface area contributed by atoms with Crippen molar-refractivity contribution in [1.29, 1.82) is 0 Å². The monoisotopic (exact) mass is 474 g/mol. The van der Waals surface area contributed by atoms with Crippen LogP contribution >= 0.6 is 24.0 Å². The molecular weight excluding hydrogens is 444 g/mol. The summed E-state index contributed by atoms with van der Waals surface area (Å²) in [5, 5.41) is 3.45. The van der Waals surface area contributed by atoms with E-state index in [4.69, 9.17) is 0 Å². The van der Waals surface area contributed by atoms with Crippen LogP contribution in [0, 0.1) is 5.41 Å². The van der Waals surface area contributed by atoms with Gasteiger partial charge in [-0.1, -0.05) is 12.8 Å². The van der Waals surface area contributed by atoms with Crippen LogP contribution in [0.2, 0.25) is 0 Å². The third-order valence-corrected chi connectivity index (χ3v) is 5.72. The number of hydrogen-bond donors (Lipinski definition) is 1. The van der Waals surface area contributed by atoms with E-state index in [-0.39, 0.29) is 30.0 Å². The van der Waals surface area contributed by atoms with E-state index >= 15 is 0 Å². The van der Waals surface area contributed by atoms with Gasteiger partial charge in [0, 0.05) is 38.8 Å².